The van der Waals surface area contributed by atoms with Crippen LogP contribution in [0.25, 0.3) is 0 Å². The number of anilines is 2. The lowest BCUT2D eigenvalue weighted by atomic mass is 10.3. The summed E-state index contributed by atoms with van der Waals surface area (Å²) < 4.78 is 6.10. The Balaban J connectivity index is 1.87. The molecule has 2 aromatic rings. The average molecular weight is 335 g/mol. The minimum Gasteiger partial charge on any atom is -0.497 e. The molecule has 5 heteroatoms. The van der Waals surface area contributed by atoms with Gasteiger partial charge in [-0.3, -0.25) is 4.79 Å². The van der Waals surface area contributed by atoms with Crippen molar-refractivity contribution in [3.05, 3.63) is 53.0 Å². The largest absolute Gasteiger partial charge is 0.497 e. The zero-order valence-electron chi connectivity index (χ0n) is 11.0. The first-order valence-electron chi connectivity index (χ1n) is 6.11. The molecule has 0 saturated carbocycles. The van der Waals surface area contributed by atoms with Crippen LogP contribution < -0.4 is 15.4 Å². The van der Waals surface area contributed by atoms with Crippen molar-refractivity contribution in [1.29, 1.82) is 0 Å². The van der Waals surface area contributed by atoms with E-state index < -0.39 is 0 Å². The lowest BCUT2D eigenvalue weighted by molar-refractivity contribution is -0.114. The molecule has 0 bridgehead atoms. The summed E-state index contributed by atoms with van der Waals surface area (Å²) in [6.07, 6.45) is 0. The van der Waals surface area contributed by atoms with Crippen molar-refractivity contribution >= 4 is 33.2 Å². The van der Waals surface area contributed by atoms with E-state index in [9.17, 15) is 4.79 Å². The minimum atomic E-state index is -0.102. The molecule has 0 radical (unpaired) electrons. The molecule has 0 atom stereocenters. The first-order valence-corrected chi connectivity index (χ1v) is 6.90. The van der Waals surface area contributed by atoms with Gasteiger partial charge < -0.3 is 15.4 Å². The van der Waals surface area contributed by atoms with Gasteiger partial charge in [0.1, 0.15) is 5.75 Å². The van der Waals surface area contributed by atoms with Gasteiger partial charge >= 0.3 is 0 Å². The van der Waals surface area contributed by atoms with E-state index in [1.54, 1.807) is 7.11 Å². The SMILES string of the molecule is COc1cccc(NCC(=O)Nc2ccc(Br)cc2)c1. The predicted molar refractivity (Wildman–Crippen MR) is 84.3 cm³/mol. The topological polar surface area (TPSA) is 50.4 Å². The van der Waals surface area contributed by atoms with Gasteiger partial charge in [0.15, 0.2) is 0 Å². The zero-order chi connectivity index (χ0) is 14.4. The maximum Gasteiger partial charge on any atom is 0.243 e. The molecular formula is C15H15BrN2O2. The van der Waals surface area contributed by atoms with E-state index >= 15 is 0 Å². The van der Waals surface area contributed by atoms with E-state index in [2.05, 4.69) is 26.6 Å². The van der Waals surface area contributed by atoms with Crippen molar-refractivity contribution < 1.29 is 9.53 Å². The highest BCUT2D eigenvalue weighted by Crippen LogP contribution is 2.17. The number of carbonyl (C=O) groups excluding carboxylic acids is 1. The molecule has 0 aliphatic rings. The molecule has 2 N–H and O–H groups in total. The van der Waals surface area contributed by atoms with Crippen molar-refractivity contribution in [3.63, 3.8) is 0 Å². The van der Waals surface area contributed by atoms with Gasteiger partial charge in [0.05, 0.1) is 13.7 Å². The van der Waals surface area contributed by atoms with Gasteiger partial charge in [-0.15, -0.1) is 0 Å². The molecule has 2 rings (SSSR count). The quantitative estimate of drug-likeness (QED) is 0.879. The van der Waals surface area contributed by atoms with E-state index in [-0.39, 0.29) is 12.5 Å². The third-order valence-corrected chi connectivity index (χ3v) is 3.18. The first-order chi connectivity index (χ1) is 9.67. The lowest BCUT2D eigenvalue weighted by Gasteiger charge is -2.09. The Morgan fingerprint density at radius 2 is 1.90 bits per heavy atom. The molecule has 2 aromatic carbocycles. The van der Waals surface area contributed by atoms with Crippen molar-refractivity contribution in [2.75, 3.05) is 24.3 Å². The van der Waals surface area contributed by atoms with Gasteiger partial charge in [-0.1, -0.05) is 22.0 Å². The fourth-order valence-corrected chi connectivity index (χ4v) is 1.92. The van der Waals surface area contributed by atoms with E-state index in [1.165, 1.54) is 0 Å². The molecule has 0 saturated heterocycles. The fraction of sp³-hybridized carbons (Fsp3) is 0.133. The lowest BCUT2D eigenvalue weighted by Crippen LogP contribution is -2.21. The molecule has 0 unspecified atom stereocenters. The van der Waals surface area contributed by atoms with Crippen LogP contribution in [-0.2, 0) is 4.79 Å². The molecule has 0 aliphatic carbocycles. The van der Waals surface area contributed by atoms with E-state index in [0.29, 0.717) is 0 Å². The number of hydrogen-bond donors (Lipinski definition) is 2. The maximum absolute atomic E-state index is 11.8. The number of benzene rings is 2. The van der Waals surface area contributed by atoms with Crippen LogP contribution in [0.3, 0.4) is 0 Å². The summed E-state index contributed by atoms with van der Waals surface area (Å²) >= 11 is 3.35. The molecule has 4 nitrogen and oxygen atoms in total. The number of halogens is 1. The summed E-state index contributed by atoms with van der Waals surface area (Å²) in [5.74, 6) is 0.651. The molecule has 20 heavy (non-hydrogen) atoms. The second kappa shape index (κ2) is 6.96. The molecule has 104 valence electrons. The van der Waals surface area contributed by atoms with E-state index in [4.69, 9.17) is 4.74 Å². The number of hydrogen-bond acceptors (Lipinski definition) is 3. The summed E-state index contributed by atoms with van der Waals surface area (Å²) in [6, 6.07) is 14.9. The number of amides is 1. The Morgan fingerprint density at radius 1 is 1.15 bits per heavy atom. The molecule has 0 spiro atoms. The second-order valence-electron chi connectivity index (χ2n) is 4.14. The average Bonchev–Trinajstić information content (AvgIpc) is 2.48. The van der Waals surface area contributed by atoms with Gasteiger partial charge in [-0.05, 0) is 36.4 Å². The van der Waals surface area contributed by atoms with Crippen LogP contribution in [0.2, 0.25) is 0 Å². The van der Waals surface area contributed by atoms with E-state index in [1.807, 2.05) is 48.5 Å². The monoisotopic (exact) mass is 334 g/mol. The van der Waals surface area contributed by atoms with Crippen molar-refractivity contribution in [2.45, 2.75) is 0 Å². The minimum absolute atomic E-state index is 0.102. The Morgan fingerprint density at radius 3 is 2.60 bits per heavy atom. The Labute approximate surface area is 126 Å². The van der Waals surface area contributed by atoms with Crippen LogP contribution in [0.5, 0.6) is 5.75 Å². The number of carbonyl (C=O) groups is 1. The third kappa shape index (κ3) is 4.28. The summed E-state index contributed by atoms with van der Waals surface area (Å²) in [6.45, 7) is 0.198. The summed E-state index contributed by atoms with van der Waals surface area (Å²) in [4.78, 5) is 11.8. The molecule has 0 fully saturated rings. The third-order valence-electron chi connectivity index (χ3n) is 2.65. The zero-order valence-corrected chi connectivity index (χ0v) is 12.6. The first kappa shape index (κ1) is 14.4. The van der Waals surface area contributed by atoms with E-state index in [0.717, 1.165) is 21.6 Å². The van der Waals surface area contributed by atoms with Crippen molar-refractivity contribution in [2.24, 2.45) is 0 Å². The van der Waals surface area contributed by atoms with Crippen molar-refractivity contribution in [1.82, 2.24) is 0 Å². The highest BCUT2D eigenvalue weighted by Gasteiger charge is 2.02. The highest BCUT2D eigenvalue weighted by molar-refractivity contribution is 9.10. The normalized spacial score (nSPS) is 9.90. The van der Waals surface area contributed by atoms with Gasteiger partial charge in [-0.2, -0.15) is 0 Å². The summed E-state index contributed by atoms with van der Waals surface area (Å²) in [5, 5.41) is 5.86. The Kier molecular flexibility index (Phi) is 5.01. The smallest absolute Gasteiger partial charge is 0.243 e. The van der Waals surface area contributed by atoms with Crippen LogP contribution in [0.15, 0.2) is 53.0 Å². The number of rotatable bonds is 5. The molecule has 0 aliphatic heterocycles. The Hall–Kier alpha value is -2.01. The fourth-order valence-electron chi connectivity index (χ4n) is 1.65. The number of nitrogens with one attached hydrogen (secondary N) is 2. The highest BCUT2D eigenvalue weighted by atomic mass is 79.9. The number of ether oxygens (including phenoxy) is 1. The molecule has 0 aromatic heterocycles. The van der Waals surface area contributed by atoms with Crippen LogP contribution in [0.1, 0.15) is 0 Å². The van der Waals surface area contributed by atoms with Gasteiger partial charge in [0, 0.05) is 21.9 Å². The predicted octanol–water partition coefficient (Wildman–Crippen LogP) is 3.51. The second-order valence-corrected chi connectivity index (χ2v) is 5.06. The Bertz CT molecular complexity index is 585. The van der Waals surface area contributed by atoms with Crippen molar-refractivity contribution in [3.8, 4) is 5.75 Å². The maximum atomic E-state index is 11.8. The summed E-state index contributed by atoms with van der Waals surface area (Å²) in [5.41, 5.74) is 1.61. The molecular weight excluding hydrogens is 320 g/mol. The van der Waals surface area contributed by atoms with Crippen LogP contribution >= 0.6 is 15.9 Å². The molecule has 0 heterocycles. The van der Waals surface area contributed by atoms with Gasteiger partial charge in [0.2, 0.25) is 5.91 Å². The summed E-state index contributed by atoms with van der Waals surface area (Å²) in [7, 11) is 1.61. The van der Waals surface area contributed by atoms with Gasteiger partial charge in [0.25, 0.3) is 0 Å². The van der Waals surface area contributed by atoms with Gasteiger partial charge in [-0.25, -0.2) is 0 Å². The van der Waals surface area contributed by atoms with Crippen LogP contribution in [0.4, 0.5) is 11.4 Å². The molecule has 1 amide bonds. The van der Waals surface area contributed by atoms with Crippen LogP contribution in [-0.4, -0.2) is 19.6 Å². The number of methoxy groups -OCH3 is 1. The van der Waals surface area contributed by atoms with Crippen LogP contribution in [0, 0.1) is 0 Å². The standard InChI is InChI=1S/C15H15BrN2O2/c1-20-14-4-2-3-13(9-14)17-10-15(19)18-12-7-5-11(16)6-8-12/h2-9,17H,10H2,1H3,(H,18,19).